The summed E-state index contributed by atoms with van der Waals surface area (Å²) in [6.07, 6.45) is 13.5. The average molecular weight is 131 g/mol. The van der Waals surface area contributed by atoms with Crippen molar-refractivity contribution in [3.63, 3.8) is 0 Å². The van der Waals surface area contributed by atoms with Crippen LogP contribution in [-0.4, -0.2) is 12.3 Å². The molecule has 1 unspecified atom stereocenters. The first-order chi connectivity index (χ1) is 4.97. The molecule has 0 radical (unpaired) electrons. The van der Waals surface area contributed by atoms with Crippen LogP contribution in [0.25, 0.3) is 0 Å². The fourth-order valence-electron chi connectivity index (χ4n) is 1.23. The number of fused-ring (bicyclic) bond motifs is 1. The minimum Gasteiger partial charge on any atom is -0.285 e. The van der Waals surface area contributed by atoms with Gasteiger partial charge in [0.1, 0.15) is 0 Å². The van der Waals surface area contributed by atoms with Crippen LogP contribution in [0.2, 0.25) is 0 Å². The second-order valence-electron chi connectivity index (χ2n) is 2.46. The highest BCUT2D eigenvalue weighted by molar-refractivity contribution is 5.64. The van der Waals surface area contributed by atoms with Gasteiger partial charge in [-0.3, -0.25) is 4.99 Å². The lowest BCUT2D eigenvalue weighted by atomic mass is 10.00. The molecule has 0 bridgehead atoms. The van der Waals surface area contributed by atoms with Gasteiger partial charge in [-0.1, -0.05) is 30.4 Å². The molecule has 1 heterocycles. The molecule has 1 aliphatic heterocycles. The highest BCUT2D eigenvalue weighted by Crippen LogP contribution is 2.17. The smallest absolute Gasteiger partial charge is 0.0926 e. The van der Waals surface area contributed by atoms with Gasteiger partial charge in [0.2, 0.25) is 0 Å². The predicted octanol–water partition coefficient (Wildman–Crippen LogP) is 1.88. The summed E-state index contributed by atoms with van der Waals surface area (Å²) < 4.78 is 0. The molecule has 0 N–H and O–H groups in total. The van der Waals surface area contributed by atoms with Crippen LogP contribution >= 0.6 is 0 Å². The maximum Gasteiger partial charge on any atom is 0.0926 e. The van der Waals surface area contributed by atoms with Crippen LogP contribution in [0.1, 0.15) is 6.42 Å². The molecule has 0 spiro atoms. The van der Waals surface area contributed by atoms with Crippen LogP contribution in [0.3, 0.4) is 0 Å². The lowest BCUT2D eigenvalue weighted by Gasteiger charge is -2.14. The molecule has 1 atom stereocenters. The van der Waals surface area contributed by atoms with Gasteiger partial charge in [-0.25, -0.2) is 0 Å². The standard InChI is InChI=1S/C9H9N/c1-2-6-9-8(4-1)5-3-7-10-9/h1-2,4-7,9H,3H2. The van der Waals surface area contributed by atoms with E-state index in [0.29, 0.717) is 6.04 Å². The highest BCUT2D eigenvalue weighted by atomic mass is 14.8. The number of allylic oxidation sites excluding steroid dienone is 3. The summed E-state index contributed by atoms with van der Waals surface area (Å²) in [6, 6.07) is 0.318. The summed E-state index contributed by atoms with van der Waals surface area (Å²) >= 11 is 0. The zero-order valence-electron chi connectivity index (χ0n) is 5.70. The van der Waals surface area contributed by atoms with Gasteiger partial charge in [-0.15, -0.1) is 0 Å². The third-order valence-corrected chi connectivity index (χ3v) is 1.76. The Balaban J connectivity index is 2.33. The summed E-state index contributed by atoms with van der Waals surface area (Å²) in [5.41, 5.74) is 1.34. The summed E-state index contributed by atoms with van der Waals surface area (Å²) in [5.74, 6) is 0. The van der Waals surface area contributed by atoms with Gasteiger partial charge < -0.3 is 0 Å². The van der Waals surface area contributed by atoms with E-state index in [4.69, 9.17) is 0 Å². The zero-order chi connectivity index (χ0) is 6.81. The van der Waals surface area contributed by atoms with E-state index in [0.717, 1.165) is 6.42 Å². The van der Waals surface area contributed by atoms with Crippen molar-refractivity contribution < 1.29 is 0 Å². The monoisotopic (exact) mass is 131 g/mol. The van der Waals surface area contributed by atoms with Gasteiger partial charge in [0.25, 0.3) is 0 Å². The van der Waals surface area contributed by atoms with Crippen LogP contribution in [0, 0.1) is 0 Å². The molecule has 0 aromatic carbocycles. The molecule has 0 amide bonds. The summed E-state index contributed by atoms with van der Waals surface area (Å²) in [7, 11) is 0. The summed E-state index contributed by atoms with van der Waals surface area (Å²) in [4.78, 5) is 4.32. The van der Waals surface area contributed by atoms with Gasteiger partial charge in [-0.05, 0) is 5.57 Å². The second-order valence-corrected chi connectivity index (χ2v) is 2.46. The van der Waals surface area contributed by atoms with Crippen molar-refractivity contribution >= 4 is 6.21 Å². The Kier molecular flexibility index (Phi) is 1.28. The van der Waals surface area contributed by atoms with E-state index in [1.807, 2.05) is 12.3 Å². The molecule has 50 valence electrons. The van der Waals surface area contributed by atoms with Gasteiger partial charge in [0.05, 0.1) is 6.04 Å². The minimum atomic E-state index is 0.318. The molecule has 2 rings (SSSR count). The third-order valence-electron chi connectivity index (χ3n) is 1.76. The van der Waals surface area contributed by atoms with Crippen molar-refractivity contribution in [2.24, 2.45) is 4.99 Å². The first-order valence-electron chi connectivity index (χ1n) is 3.53. The molecule has 1 nitrogen and oxygen atoms in total. The average Bonchev–Trinajstić information content (AvgIpc) is 2.05. The normalized spacial score (nSPS) is 28.0. The quantitative estimate of drug-likeness (QED) is 0.476. The predicted molar refractivity (Wildman–Crippen MR) is 43.3 cm³/mol. The molecule has 0 aromatic rings. The largest absolute Gasteiger partial charge is 0.285 e. The zero-order valence-corrected chi connectivity index (χ0v) is 5.70. The topological polar surface area (TPSA) is 12.4 Å². The van der Waals surface area contributed by atoms with E-state index in [1.165, 1.54) is 5.57 Å². The van der Waals surface area contributed by atoms with E-state index in [1.54, 1.807) is 0 Å². The van der Waals surface area contributed by atoms with Gasteiger partial charge in [-0.2, -0.15) is 0 Å². The first kappa shape index (κ1) is 5.66. The molecule has 0 saturated heterocycles. The maximum absolute atomic E-state index is 4.32. The van der Waals surface area contributed by atoms with Crippen molar-refractivity contribution in [2.45, 2.75) is 12.5 Å². The van der Waals surface area contributed by atoms with Crippen LogP contribution < -0.4 is 0 Å². The second kappa shape index (κ2) is 2.25. The SMILES string of the molecule is C1=CC2=CCC=NC2C=C1. The van der Waals surface area contributed by atoms with Gasteiger partial charge in [0.15, 0.2) is 0 Å². The van der Waals surface area contributed by atoms with Crippen LogP contribution in [0.4, 0.5) is 0 Å². The van der Waals surface area contributed by atoms with Crippen LogP contribution in [0.15, 0.2) is 40.9 Å². The Morgan fingerprint density at radius 1 is 1.40 bits per heavy atom. The van der Waals surface area contributed by atoms with E-state index in [9.17, 15) is 0 Å². The Morgan fingerprint density at radius 3 is 3.30 bits per heavy atom. The molecule has 10 heavy (non-hydrogen) atoms. The fraction of sp³-hybridized carbons (Fsp3) is 0.222. The molecule has 0 fully saturated rings. The minimum absolute atomic E-state index is 0.318. The van der Waals surface area contributed by atoms with Crippen LogP contribution in [0.5, 0.6) is 0 Å². The van der Waals surface area contributed by atoms with E-state index >= 15 is 0 Å². The Hall–Kier alpha value is -1.11. The molecule has 1 heteroatoms. The van der Waals surface area contributed by atoms with E-state index in [2.05, 4.69) is 29.3 Å². The molecule has 1 aliphatic carbocycles. The first-order valence-corrected chi connectivity index (χ1v) is 3.53. The summed E-state index contributed by atoms with van der Waals surface area (Å²) in [6.45, 7) is 0. The highest BCUT2D eigenvalue weighted by Gasteiger charge is 2.09. The Bertz CT molecular complexity index is 243. The van der Waals surface area contributed by atoms with Gasteiger partial charge in [0, 0.05) is 12.6 Å². The molecular weight excluding hydrogens is 122 g/mol. The van der Waals surface area contributed by atoms with Gasteiger partial charge >= 0.3 is 0 Å². The van der Waals surface area contributed by atoms with E-state index < -0.39 is 0 Å². The molecule has 0 saturated carbocycles. The molecular formula is C9H9N. The maximum atomic E-state index is 4.32. The fourth-order valence-corrected chi connectivity index (χ4v) is 1.23. The van der Waals surface area contributed by atoms with Crippen molar-refractivity contribution in [3.05, 3.63) is 36.0 Å². The number of nitrogens with zero attached hydrogens (tertiary/aromatic N) is 1. The van der Waals surface area contributed by atoms with Crippen LogP contribution in [-0.2, 0) is 0 Å². The van der Waals surface area contributed by atoms with Crippen molar-refractivity contribution in [1.29, 1.82) is 0 Å². The lowest BCUT2D eigenvalue weighted by Crippen LogP contribution is -2.08. The number of rotatable bonds is 0. The lowest BCUT2D eigenvalue weighted by molar-refractivity contribution is 0.948. The third kappa shape index (κ3) is 0.838. The number of hydrogen-bond acceptors (Lipinski definition) is 1. The number of dihydropyridines is 1. The number of aliphatic imine (C=N–C) groups is 1. The molecule has 2 aliphatic rings. The Labute approximate surface area is 60.5 Å². The van der Waals surface area contributed by atoms with E-state index in [-0.39, 0.29) is 0 Å². The summed E-state index contributed by atoms with van der Waals surface area (Å²) in [5, 5.41) is 0. The van der Waals surface area contributed by atoms with Crippen molar-refractivity contribution in [1.82, 2.24) is 0 Å². The van der Waals surface area contributed by atoms with Crippen molar-refractivity contribution in [3.8, 4) is 0 Å². The van der Waals surface area contributed by atoms with Crippen molar-refractivity contribution in [2.75, 3.05) is 0 Å². The molecule has 0 aromatic heterocycles. The number of hydrogen-bond donors (Lipinski definition) is 0. The Morgan fingerprint density at radius 2 is 2.40 bits per heavy atom.